The Hall–Kier alpha value is -2.83. The van der Waals surface area contributed by atoms with Gasteiger partial charge in [0.15, 0.2) is 5.69 Å². The summed E-state index contributed by atoms with van der Waals surface area (Å²) in [6.07, 6.45) is 0.955. The number of para-hydroxylation sites is 1. The molecule has 3 aromatic rings. The third kappa shape index (κ3) is 4.60. The number of nitrogens with one attached hydrogen (secondary N) is 1. The quantitative estimate of drug-likeness (QED) is 0.713. The van der Waals surface area contributed by atoms with Gasteiger partial charge in [-0.25, -0.2) is 4.68 Å². The molecule has 0 unspecified atom stereocenters. The van der Waals surface area contributed by atoms with Crippen molar-refractivity contribution in [1.29, 1.82) is 0 Å². The summed E-state index contributed by atoms with van der Waals surface area (Å²) in [6.45, 7) is 3.21. The van der Waals surface area contributed by atoms with Crippen molar-refractivity contribution in [2.24, 2.45) is 0 Å². The molecule has 0 aliphatic carbocycles. The van der Waals surface area contributed by atoms with E-state index in [-0.39, 0.29) is 18.3 Å². The standard InChI is InChI=1S/C22H24N4O2.ClH/c1-28-19-10-8-17(9-11-19)21-16-20(22(27)25-14-5-12-23-13-15-25)24-26(21)18-6-3-2-4-7-18;/h2-4,6-11,16,23H,5,12-15H2,1H3;1H. The van der Waals surface area contributed by atoms with E-state index in [0.29, 0.717) is 12.2 Å². The van der Waals surface area contributed by atoms with E-state index in [4.69, 9.17) is 4.74 Å². The zero-order valence-electron chi connectivity index (χ0n) is 16.4. The number of halogens is 1. The Labute approximate surface area is 176 Å². The highest BCUT2D eigenvalue weighted by Gasteiger charge is 2.22. The lowest BCUT2D eigenvalue weighted by atomic mass is 10.1. The van der Waals surface area contributed by atoms with Gasteiger partial charge in [-0.2, -0.15) is 5.10 Å². The van der Waals surface area contributed by atoms with E-state index in [1.165, 1.54) is 0 Å². The number of methoxy groups -OCH3 is 1. The topological polar surface area (TPSA) is 59.4 Å². The lowest BCUT2D eigenvalue weighted by Gasteiger charge is -2.18. The highest BCUT2D eigenvalue weighted by molar-refractivity contribution is 5.93. The van der Waals surface area contributed by atoms with Gasteiger partial charge >= 0.3 is 0 Å². The number of hydrogen-bond acceptors (Lipinski definition) is 4. The number of benzene rings is 2. The highest BCUT2D eigenvalue weighted by atomic mass is 35.5. The molecule has 7 heteroatoms. The number of rotatable bonds is 4. The maximum Gasteiger partial charge on any atom is 0.274 e. The van der Waals surface area contributed by atoms with Crippen LogP contribution in [0.2, 0.25) is 0 Å². The molecule has 4 rings (SSSR count). The van der Waals surface area contributed by atoms with Gasteiger partial charge in [0.1, 0.15) is 5.75 Å². The van der Waals surface area contributed by atoms with Gasteiger partial charge in [0.2, 0.25) is 0 Å². The van der Waals surface area contributed by atoms with Gasteiger partial charge in [0.05, 0.1) is 18.5 Å². The molecular formula is C22H25ClN4O2. The van der Waals surface area contributed by atoms with Crippen molar-refractivity contribution in [2.75, 3.05) is 33.3 Å². The van der Waals surface area contributed by atoms with Crippen LogP contribution >= 0.6 is 12.4 Å². The molecule has 1 aromatic heterocycles. The van der Waals surface area contributed by atoms with Crippen molar-refractivity contribution >= 4 is 18.3 Å². The normalized spacial score (nSPS) is 14.0. The van der Waals surface area contributed by atoms with Crippen LogP contribution in [0.15, 0.2) is 60.7 Å². The fourth-order valence-corrected chi connectivity index (χ4v) is 3.43. The minimum Gasteiger partial charge on any atom is -0.497 e. The fraction of sp³-hybridized carbons (Fsp3) is 0.273. The Balaban J connectivity index is 0.00000240. The van der Waals surface area contributed by atoms with Gasteiger partial charge in [0.25, 0.3) is 5.91 Å². The molecule has 1 aliphatic heterocycles. The molecule has 0 bridgehead atoms. The van der Waals surface area contributed by atoms with Crippen LogP contribution in [0.3, 0.4) is 0 Å². The third-order valence-electron chi connectivity index (χ3n) is 4.94. The molecule has 29 heavy (non-hydrogen) atoms. The van der Waals surface area contributed by atoms with Gasteiger partial charge in [-0.15, -0.1) is 12.4 Å². The summed E-state index contributed by atoms with van der Waals surface area (Å²) in [5, 5.41) is 8.01. The molecule has 0 saturated carbocycles. The first kappa shape index (κ1) is 20.9. The van der Waals surface area contributed by atoms with Crippen LogP contribution in [0.5, 0.6) is 5.75 Å². The zero-order chi connectivity index (χ0) is 19.3. The lowest BCUT2D eigenvalue weighted by molar-refractivity contribution is 0.0760. The Morgan fingerprint density at radius 3 is 2.52 bits per heavy atom. The number of carbonyl (C=O) groups is 1. The summed E-state index contributed by atoms with van der Waals surface area (Å²) in [5.74, 6) is 0.774. The molecule has 1 aliphatic rings. The van der Waals surface area contributed by atoms with E-state index in [2.05, 4.69) is 10.4 Å². The van der Waals surface area contributed by atoms with Crippen LogP contribution < -0.4 is 10.1 Å². The zero-order valence-corrected chi connectivity index (χ0v) is 17.2. The van der Waals surface area contributed by atoms with E-state index < -0.39 is 0 Å². The van der Waals surface area contributed by atoms with Crippen molar-refractivity contribution in [3.63, 3.8) is 0 Å². The molecule has 1 saturated heterocycles. The van der Waals surface area contributed by atoms with E-state index in [0.717, 1.165) is 48.7 Å². The summed E-state index contributed by atoms with van der Waals surface area (Å²) in [7, 11) is 1.65. The fourth-order valence-electron chi connectivity index (χ4n) is 3.43. The van der Waals surface area contributed by atoms with Gasteiger partial charge in [-0.1, -0.05) is 18.2 Å². The predicted octanol–water partition coefficient (Wildman–Crippen LogP) is 3.41. The SMILES string of the molecule is COc1ccc(-c2cc(C(=O)N3CCCNCC3)nn2-c2ccccc2)cc1.Cl. The molecule has 6 nitrogen and oxygen atoms in total. The first-order valence-corrected chi connectivity index (χ1v) is 9.56. The minimum atomic E-state index is -0.0202. The molecule has 0 atom stereocenters. The molecule has 152 valence electrons. The molecule has 1 fully saturated rings. The van der Waals surface area contributed by atoms with E-state index >= 15 is 0 Å². The first-order chi connectivity index (χ1) is 13.8. The van der Waals surface area contributed by atoms with Crippen LogP contribution in [-0.2, 0) is 0 Å². The van der Waals surface area contributed by atoms with Crippen molar-refractivity contribution in [3.8, 4) is 22.7 Å². The van der Waals surface area contributed by atoms with Crippen molar-refractivity contribution < 1.29 is 9.53 Å². The first-order valence-electron chi connectivity index (χ1n) is 9.56. The summed E-state index contributed by atoms with van der Waals surface area (Å²) in [4.78, 5) is 15.0. The van der Waals surface area contributed by atoms with E-state index in [1.807, 2.05) is 70.2 Å². The van der Waals surface area contributed by atoms with Crippen LogP contribution in [0.4, 0.5) is 0 Å². The van der Waals surface area contributed by atoms with Gasteiger partial charge in [-0.3, -0.25) is 4.79 Å². The predicted molar refractivity (Wildman–Crippen MR) is 116 cm³/mol. The summed E-state index contributed by atoms with van der Waals surface area (Å²) < 4.78 is 7.10. The average Bonchev–Trinajstić information content (AvgIpc) is 3.02. The van der Waals surface area contributed by atoms with E-state index in [9.17, 15) is 4.79 Å². The Bertz CT molecular complexity index is 933. The summed E-state index contributed by atoms with van der Waals surface area (Å²) >= 11 is 0. The number of aromatic nitrogens is 2. The largest absolute Gasteiger partial charge is 0.497 e. The van der Waals surface area contributed by atoms with Crippen molar-refractivity contribution in [3.05, 3.63) is 66.4 Å². The second kappa shape index (κ2) is 9.58. The van der Waals surface area contributed by atoms with Gasteiger partial charge in [-0.05, 0) is 55.4 Å². The monoisotopic (exact) mass is 412 g/mol. The molecule has 2 aromatic carbocycles. The highest BCUT2D eigenvalue weighted by Crippen LogP contribution is 2.26. The Morgan fingerprint density at radius 2 is 1.79 bits per heavy atom. The lowest BCUT2D eigenvalue weighted by Crippen LogP contribution is -2.34. The molecule has 1 amide bonds. The summed E-state index contributed by atoms with van der Waals surface area (Å²) in [5.41, 5.74) is 3.25. The molecule has 1 N–H and O–H groups in total. The smallest absolute Gasteiger partial charge is 0.274 e. The number of carbonyl (C=O) groups excluding carboxylic acids is 1. The molecular weight excluding hydrogens is 388 g/mol. The Morgan fingerprint density at radius 1 is 1.03 bits per heavy atom. The van der Waals surface area contributed by atoms with Crippen molar-refractivity contribution in [1.82, 2.24) is 20.0 Å². The van der Waals surface area contributed by atoms with Crippen LogP contribution in [0.1, 0.15) is 16.9 Å². The second-order valence-electron chi connectivity index (χ2n) is 6.79. The number of amides is 1. The third-order valence-corrected chi connectivity index (χ3v) is 4.94. The van der Waals surface area contributed by atoms with E-state index in [1.54, 1.807) is 7.11 Å². The van der Waals surface area contributed by atoms with Crippen LogP contribution in [0.25, 0.3) is 16.9 Å². The molecule has 2 heterocycles. The Kier molecular flexibility index (Phi) is 6.90. The van der Waals surface area contributed by atoms with Crippen molar-refractivity contribution in [2.45, 2.75) is 6.42 Å². The molecule has 0 radical (unpaired) electrons. The number of ether oxygens (including phenoxy) is 1. The average molecular weight is 413 g/mol. The van der Waals surface area contributed by atoms with Crippen LogP contribution in [0, 0.1) is 0 Å². The van der Waals surface area contributed by atoms with Gasteiger partial charge in [0, 0.05) is 25.2 Å². The number of nitrogens with zero attached hydrogens (tertiary/aromatic N) is 3. The van der Waals surface area contributed by atoms with Crippen LogP contribution in [-0.4, -0.2) is 53.9 Å². The minimum absolute atomic E-state index is 0. The van der Waals surface area contributed by atoms with Gasteiger partial charge < -0.3 is 15.0 Å². The maximum atomic E-state index is 13.1. The molecule has 0 spiro atoms. The second-order valence-corrected chi connectivity index (χ2v) is 6.79. The summed E-state index contributed by atoms with van der Waals surface area (Å²) in [6, 6.07) is 19.6. The maximum absolute atomic E-state index is 13.1. The number of hydrogen-bond donors (Lipinski definition) is 1.